The van der Waals surface area contributed by atoms with Crippen LogP contribution in [0.4, 0.5) is 0 Å². The van der Waals surface area contributed by atoms with E-state index in [9.17, 15) is 0 Å². The SMILES string of the molecule is C=CCC1OC1C=CCCC1CO1. The minimum atomic E-state index is 0.359. The van der Waals surface area contributed by atoms with Crippen LogP contribution in [-0.2, 0) is 9.47 Å². The van der Waals surface area contributed by atoms with Crippen molar-refractivity contribution in [3.63, 3.8) is 0 Å². The number of ether oxygens (including phenoxy) is 2. The summed E-state index contributed by atoms with van der Waals surface area (Å²) in [6.45, 7) is 4.65. The summed E-state index contributed by atoms with van der Waals surface area (Å²) in [5.74, 6) is 0. The average Bonchev–Trinajstić information content (AvgIpc) is 2.94. The Kier molecular flexibility index (Phi) is 2.81. The first-order valence-electron chi connectivity index (χ1n) is 4.95. The maximum Gasteiger partial charge on any atom is 0.103 e. The molecule has 2 nitrogen and oxygen atoms in total. The minimum absolute atomic E-state index is 0.359. The molecule has 2 saturated heterocycles. The average molecular weight is 180 g/mol. The number of hydrogen-bond donors (Lipinski definition) is 0. The predicted octanol–water partition coefficient (Wildman–Crippen LogP) is 2.07. The molecule has 0 spiro atoms. The highest BCUT2D eigenvalue weighted by Gasteiger charge is 2.34. The van der Waals surface area contributed by atoms with Gasteiger partial charge in [-0.05, 0) is 19.3 Å². The van der Waals surface area contributed by atoms with Gasteiger partial charge in [0.05, 0.1) is 18.8 Å². The largest absolute Gasteiger partial charge is 0.373 e. The van der Waals surface area contributed by atoms with E-state index in [1.807, 2.05) is 6.08 Å². The fourth-order valence-corrected chi connectivity index (χ4v) is 1.43. The molecule has 2 fully saturated rings. The Hall–Kier alpha value is -0.600. The van der Waals surface area contributed by atoms with Crippen LogP contribution < -0.4 is 0 Å². The Morgan fingerprint density at radius 1 is 1.46 bits per heavy atom. The van der Waals surface area contributed by atoms with E-state index >= 15 is 0 Å². The van der Waals surface area contributed by atoms with Crippen LogP contribution in [0.1, 0.15) is 19.3 Å². The molecule has 0 aromatic carbocycles. The van der Waals surface area contributed by atoms with E-state index in [2.05, 4.69) is 18.7 Å². The Bertz CT molecular complexity index is 206. The topological polar surface area (TPSA) is 25.1 Å². The van der Waals surface area contributed by atoms with Gasteiger partial charge < -0.3 is 9.47 Å². The van der Waals surface area contributed by atoms with Gasteiger partial charge in [0, 0.05) is 0 Å². The molecule has 0 saturated carbocycles. The molecule has 2 rings (SSSR count). The molecule has 0 N–H and O–H groups in total. The van der Waals surface area contributed by atoms with E-state index in [0.29, 0.717) is 18.3 Å². The molecule has 2 heterocycles. The van der Waals surface area contributed by atoms with Crippen molar-refractivity contribution >= 4 is 0 Å². The van der Waals surface area contributed by atoms with E-state index in [1.165, 1.54) is 0 Å². The van der Waals surface area contributed by atoms with E-state index in [-0.39, 0.29) is 0 Å². The summed E-state index contributed by atoms with van der Waals surface area (Å²) >= 11 is 0. The molecule has 72 valence electrons. The van der Waals surface area contributed by atoms with Gasteiger partial charge in [0.1, 0.15) is 6.10 Å². The second-order valence-corrected chi connectivity index (χ2v) is 3.62. The van der Waals surface area contributed by atoms with Gasteiger partial charge in [0.15, 0.2) is 0 Å². The number of epoxide rings is 2. The summed E-state index contributed by atoms with van der Waals surface area (Å²) in [5, 5.41) is 0. The monoisotopic (exact) mass is 180 g/mol. The van der Waals surface area contributed by atoms with Gasteiger partial charge in [-0.2, -0.15) is 0 Å². The molecule has 2 aliphatic heterocycles. The van der Waals surface area contributed by atoms with Gasteiger partial charge in [-0.15, -0.1) is 6.58 Å². The van der Waals surface area contributed by atoms with Crippen molar-refractivity contribution < 1.29 is 9.47 Å². The Morgan fingerprint density at radius 3 is 3.00 bits per heavy atom. The first-order valence-corrected chi connectivity index (χ1v) is 4.95. The third-order valence-corrected chi connectivity index (χ3v) is 2.40. The van der Waals surface area contributed by atoms with E-state index in [4.69, 9.17) is 9.47 Å². The lowest BCUT2D eigenvalue weighted by Gasteiger charge is -1.86. The molecule has 2 heteroatoms. The molecule has 0 amide bonds. The van der Waals surface area contributed by atoms with Gasteiger partial charge in [-0.1, -0.05) is 18.2 Å². The highest BCUT2D eigenvalue weighted by atomic mass is 16.6. The third-order valence-electron chi connectivity index (χ3n) is 2.40. The van der Waals surface area contributed by atoms with E-state index in [0.717, 1.165) is 25.9 Å². The summed E-state index contributed by atoms with van der Waals surface area (Å²) in [4.78, 5) is 0. The molecular formula is C11H16O2. The number of rotatable bonds is 6. The van der Waals surface area contributed by atoms with Crippen molar-refractivity contribution in [3.8, 4) is 0 Å². The second-order valence-electron chi connectivity index (χ2n) is 3.62. The first-order chi connectivity index (χ1) is 6.40. The lowest BCUT2D eigenvalue weighted by Crippen LogP contribution is -1.87. The van der Waals surface area contributed by atoms with Crippen molar-refractivity contribution in [2.24, 2.45) is 0 Å². The number of hydrogen-bond acceptors (Lipinski definition) is 2. The maximum absolute atomic E-state index is 5.39. The highest BCUT2D eigenvalue weighted by molar-refractivity contribution is 5.04. The van der Waals surface area contributed by atoms with E-state index < -0.39 is 0 Å². The van der Waals surface area contributed by atoms with Crippen molar-refractivity contribution in [2.75, 3.05) is 6.61 Å². The van der Waals surface area contributed by atoms with Gasteiger partial charge in [0.2, 0.25) is 0 Å². The van der Waals surface area contributed by atoms with Crippen LogP contribution in [-0.4, -0.2) is 24.9 Å². The Labute approximate surface area is 79.2 Å². The molecule has 0 radical (unpaired) electrons. The summed E-state index contributed by atoms with van der Waals surface area (Å²) in [6.07, 6.45) is 10.8. The van der Waals surface area contributed by atoms with E-state index in [1.54, 1.807) is 0 Å². The molecule has 0 aliphatic carbocycles. The molecule has 3 unspecified atom stereocenters. The van der Waals surface area contributed by atoms with Crippen LogP contribution >= 0.6 is 0 Å². The van der Waals surface area contributed by atoms with Crippen molar-refractivity contribution in [1.82, 2.24) is 0 Å². The lowest BCUT2D eigenvalue weighted by molar-refractivity contribution is 0.389. The number of allylic oxidation sites excluding steroid dienone is 1. The highest BCUT2D eigenvalue weighted by Crippen LogP contribution is 2.27. The Morgan fingerprint density at radius 2 is 2.31 bits per heavy atom. The zero-order valence-electron chi connectivity index (χ0n) is 7.82. The first kappa shape index (κ1) is 8.97. The molecule has 0 bridgehead atoms. The quantitative estimate of drug-likeness (QED) is 0.462. The van der Waals surface area contributed by atoms with Gasteiger partial charge >= 0.3 is 0 Å². The van der Waals surface area contributed by atoms with Crippen molar-refractivity contribution in [2.45, 2.75) is 37.6 Å². The lowest BCUT2D eigenvalue weighted by atomic mass is 10.2. The smallest absolute Gasteiger partial charge is 0.103 e. The third kappa shape index (κ3) is 2.98. The van der Waals surface area contributed by atoms with Crippen molar-refractivity contribution in [1.29, 1.82) is 0 Å². The second kappa shape index (κ2) is 4.07. The van der Waals surface area contributed by atoms with Gasteiger partial charge in [-0.25, -0.2) is 0 Å². The summed E-state index contributed by atoms with van der Waals surface area (Å²) in [5.41, 5.74) is 0. The maximum atomic E-state index is 5.39. The fraction of sp³-hybridized carbons (Fsp3) is 0.636. The zero-order valence-corrected chi connectivity index (χ0v) is 7.82. The Balaban J connectivity index is 1.54. The van der Waals surface area contributed by atoms with Crippen LogP contribution in [0.25, 0.3) is 0 Å². The van der Waals surface area contributed by atoms with Gasteiger partial charge in [-0.3, -0.25) is 0 Å². The van der Waals surface area contributed by atoms with Crippen LogP contribution in [0.3, 0.4) is 0 Å². The molecule has 0 aromatic heterocycles. The molecule has 0 aromatic rings. The summed E-state index contributed by atoms with van der Waals surface area (Å²) < 4.78 is 10.5. The molecule has 3 atom stereocenters. The van der Waals surface area contributed by atoms with Crippen LogP contribution in [0, 0.1) is 0 Å². The van der Waals surface area contributed by atoms with Crippen LogP contribution in [0.5, 0.6) is 0 Å². The van der Waals surface area contributed by atoms with Crippen LogP contribution in [0.2, 0.25) is 0 Å². The van der Waals surface area contributed by atoms with Gasteiger partial charge in [0.25, 0.3) is 0 Å². The normalized spacial score (nSPS) is 36.5. The fourth-order valence-electron chi connectivity index (χ4n) is 1.43. The summed E-state index contributed by atoms with van der Waals surface area (Å²) in [7, 11) is 0. The molecule has 2 aliphatic rings. The summed E-state index contributed by atoms with van der Waals surface area (Å²) in [6, 6.07) is 0. The minimum Gasteiger partial charge on any atom is -0.373 e. The standard InChI is InChI=1S/C11H16O2/c1-2-5-10-11(13-10)7-4-3-6-9-8-12-9/h2,4,7,9-11H,1,3,5-6,8H2. The predicted molar refractivity (Wildman–Crippen MR) is 51.6 cm³/mol. The van der Waals surface area contributed by atoms with Crippen molar-refractivity contribution in [3.05, 3.63) is 24.8 Å². The zero-order chi connectivity index (χ0) is 9.10. The van der Waals surface area contributed by atoms with Crippen LogP contribution in [0.15, 0.2) is 24.8 Å². The molecule has 13 heavy (non-hydrogen) atoms. The molecular weight excluding hydrogens is 164 g/mol.